The summed E-state index contributed by atoms with van der Waals surface area (Å²) < 4.78 is 51.4. The molecule has 3 rings (SSSR count). The number of rotatable bonds is 3. The van der Waals surface area contributed by atoms with Crippen molar-refractivity contribution in [2.24, 2.45) is 0 Å². The largest absolute Gasteiger partial charge is 0.416 e. The Morgan fingerprint density at radius 2 is 1.65 bits per heavy atom. The van der Waals surface area contributed by atoms with Gasteiger partial charge in [0.15, 0.2) is 0 Å². The SMILES string of the molecule is O=C1N/C(=C\c2ccc(C(F)(F)F)cc2)C(=O)N1Cc1ccccc1F. The summed E-state index contributed by atoms with van der Waals surface area (Å²) in [6.45, 7) is -0.248. The first-order chi connectivity index (χ1) is 12.3. The maximum atomic E-state index is 13.7. The van der Waals surface area contributed by atoms with Gasteiger partial charge in [0.25, 0.3) is 5.91 Å². The smallest absolute Gasteiger partial charge is 0.303 e. The van der Waals surface area contributed by atoms with Gasteiger partial charge in [-0.25, -0.2) is 9.18 Å². The molecule has 1 aliphatic heterocycles. The second-order valence-electron chi connectivity index (χ2n) is 5.59. The Labute approximate surface area is 145 Å². The van der Waals surface area contributed by atoms with Crippen molar-refractivity contribution in [1.82, 2.24) is 10.2 Å². The van der Waals surface area contributed by atoms with E-state index in [1.165, 1.54) is 36.4 Å². The van der Waals surface area contributed by atoms with Crippen molar-refractivity contribution in [2.45, 2.75) is 12.7 Å². The molecule has 0 radical (unpaired) electrons. The van der Waals surface area contributed by atoms with Crippen LogP contribution in [0.3, 0.4) is 0 Å². The minimum Gasteiger partial charge on any atom is -0.303 e. The van der Waals surface area contributed by atoms with Crippen molar-refractivity contribution >= 4 is 18.0 Å². The molecule has 0 spiro atoms. The normalized spacial score (nSPS) is 16.3. The van der Waals surface area contributed by atoms with E-state index in [4.69, 9.17) is 0 Å². The molecule has 1 heterocycles. The summed E-state index contributed by atoms with van der Waals surface area (Å²) in [4.78, 5) is 25.1. The molecule has 0 atom stereocenters. The van der Waals surface area contributed by atoms with Crippen molar-refractivity contribution in [3.8, 4) is 0 Å². The minimum absolute atomic E-state index is 0.0916. The first-order valence-corrected chi connectivity index (χ1v) is 7.51. The third-order valence-corrected chi connectivity index (χ3v) is 3.80. The average molecular weight is 364 g/mol. The van der Waals surface area contributed by atoms with Gasteiger partial charge in [-0.15, -0.1) is 0 Å². The average Bonchev–Trinajstić information content (AvgIpc) is 2.84. The number of imide groups is 1. The van der Waals surface area contributed by atoms with Gasteiger partial charge in [0, 0.05) is 5.56 Å². The predicted molar refractivity (Wildman–Crippen MR) is 84.9 cm³/mol. The van der Waals surface area contributed by atoms with Crippen molar-refractivity contribution in [3.05, 3.63) is 76.7 Å². The number of nitrogens with zero attached hydrogens (tertiary/aromatic N) is 1. The first-order valence-electron chi connectivity index (χ1n) is 7.51. The lowest BCUT2D eigenvalue weighted by Gasteiger charge is -2.12. The molecule has 1 saturated heterocycles. The van der Waals surface area contributed by atoms with Crippen LogP contribution < -0.4 is 5.32 Å². The maximum Gasteiger partial charge on any atom is 0.416 e. The Hall–Kier alpha value is -3.16. The van der Waals surface area contributed by atoms with Gasteiger partial charge in [-0.3, -0.25) is 9.69 Å². The van der Waals surface area contributed by atoms with Crippen molar-refractivity contribution < 1.29 is 27.2 Å². The molecule has 2 aromatic rings. The zero-order chi connectivity index (χ0) is 18.9. The molecule has 0 saturated carbocycles. The van der Waals surface area contributed by atoms with E-state index < -0.39 is 29.5 Å². The van der Waals surface area contributed by atoms with Crippen LogP contribution in [0.15, 0.2) is 54.2 Å². The molecular weight excluding hydrogens is 352 g/mol. The zero-order valence-electron chi connectivity index (χ0n) is 13.2. The zero-order valence-corrected chi connectivity index (χ0v) is 13.2. The number of carbonyl (C=O) groups is 2. The lowest BCUT2D eigenvalue weighted by atomic mass is 10.1. The molecular formula is C18H12F4N2O2. The first kappa shape index (κ1) is 17.7. The third kappa shape index (κ3) is 3.58. The second-order valence-corrected chi connectivity index (χ2v) is 5.59. The number of urea groups is 1. The fourth-order valence-corrected chi connectivity index (χ4v) is 2.45. The van der Waals surface area contributed by atoms with Crippen LogP contribution >= 0.6 is 0 Å². The molecule has 0 bridgehead atoms. The van der Waals surface area contributed by atoms with E-state index in [0.717, 1.165) is 17.0 Å². The van der Waals surface area contributed by atoms with Crippen molar-refractivity contribution in [3.63, 3.8) is 0 Å². The highest BCUT2D eigenvalue weighted by Crippen LogP contribution is 2.29. The Morgan fingerprint density at radius 1 is 1.00 bits per heavy atom. The molecule has 134 valence electrons. The summed E-state index contributed by atoms with van der Waals surface area (Å²) in [6, 6.07) is 9.15. The number of hydrogen-bond acceptors (Lipinski definition) is 2. The van der Waals surface area contributed by atoms with E-state index in [1.807, 2.05) is 0 Å². The van der Waals surface area contributed by atoms with Gasteiger partial charge in [-0.2, -0.15) is 13.2 Å². The Balaban J connectivity index is 1.80. The lowest BCUT2D eigenvalue weighted by Crippen LogP contribution is -2.30. The molecule has 1 aliphatic rings. The van der Waals surface area contributed by atoms with Crippen LogP contribution in [0.2, 0.25) is 0 Å². The molecule has 3 amide bonds. The number of carbonyl (C=O) groups excluding carboxylic acids is 2. The fourth-order valence-electron chi connectivity index (χ4n) is 2.45. The summed E-state index contributed by atoms with van der Waals surface area (Å²) in [5, 5.41) is 2.34. The summed E-state index contributed by atoms with van der Waals surface area (Å²) in [5.41, 5.74) is -0.421. The molecule has 2 aromatic carbocycles. The van der Waals surface area contributed by atoms with E-state index in [1.54, 1.807) is 6.07 Å². The highest BCUT2D eigenvalue weighted by molar-refractivity contribution is 6.13. The number of amides is 3. The summed E-state index contributed by atoms with van der Waals surface area (Å²) >= 11 is 0. The number of halogens is 4. The highest BCUT2D eigenvalue weighted by atomic mass is 19.4. The van der Waals surface area contributed by atoms with Gasteiger partial charge in [-0.1, -0.05) is 30.3 Å². The van der Waals surface area contributed by atoms with Gasteiger partial charge in [0.1, 0.15) is 11.5 Å². The molecule has 0 aliphatic carbocycles. The molecule has 4 nitrogen and oxygen atoms in total. The van der Waals surface area contributed by atoms with Gasteiger partial charge >= 0.3 is 12.2 Å². The number of benzene rings is 2. The van der Waals surface area contributed by atoms with E-state index >= 15 is 0 Å². The minimum atomic E-state index is -4.46. The molecule has 1 fully saturated rings. The van der Waals surface area contributed by atoms with Crippen LogP contribution in [0.4, 0.5) is 22.4 Å². The number of hydrogen-bond donors (Lipinski definition) is 1. The van der Waals surface area contributed by atoms with Gasteiger partial charge < -0.3 is 5.32 Å². The monoisotopic (exact) mass is 364 g/mol. The molecule has 0 aromatic heterocycles. The van der Waals surface area contributed by atoms with E-state index in [-0.39, 0.29) is 17.8 Å². The topological polar surface area (TPSA) is 49.4 Å². The van der Waals surface area contributed by atoms with Crippen LogP contribution in [-0.4, -0.2) is 16.8 Å². The standard InChI is InChI=1S/C18H12F4N2O2/c19-14-4-2-1-3-12(14)10-24-16(25)15(23-17(24)26)9-11-5-7-13(8-6-11)18(20,21)22/h1-9H,10H2,(H,23,26)/b15-9-. The second kappa shape index (κ2) is 6.62. The van der Waals surface area contributed by atoms with Crippen LogP contribution in [-0.2, 0) is 17.5 Å². The van der Waals surface area contributed by atoms with Crippen LogP contribution in [0.1, 0.15) is 16.7 Å². The Bertz CT molecular complexity index is 889. The third-order valence-electron chi connectivity index (χ3n) is 3.80. The molecule has 1 N–H and O–H groups in total. The lowest BCUT2D eigenvalue weighted by molar-refractivity contribution is -0.137. The summed E-state index contributed by atoms with van der Waals surface area (Å²) in [6.07, 6.45) is -3.19. The van der Waals surface area contributed by atoms with Crippen LogP contribution in [0.25, 0.3) is 6.08 Å². The predicted octanol–water partition coefficient (Wildman–Crippen LogP) is 3.94. The van der Waals surface area contributed by atoms with E-state index in [0.29, 0.717) is 5.56 Å². The van der Waals surface area contributed by atoms with Gasteiger partial charge in [0.2, 0.25) is 0 Å². The number of alkyl halides is 3. The molecule has 0 unspecified atom stereocenters. The summed E-state index contributed by atoms with van der Waals surface area (Å²) in [5.74, 6) is -1.23. The molecule has 26 heavy (non-hydrogen) atoms. The van der Waals surface area contributed by atoms with E-state index in [9.17, 15) is 27.2 Å². The Kier molecular flexibility index (Phi) is 4.50. The van der Waals surface area contributed by atoms with Crippen molar-refractivity contribution in [1.29, 1.82) is 0 Å². The van der Waals surface area contributed by atoms with E-state index in [2.05, 4.69) is 5.32 Å². The quantitative estimate of drug-likeness (QED) is 0.510. The number of nitrogens with one attached hydrogen (secondary N) is 1. The fraction of sp³-hybridized carbons (Fsp3) is 0.111. The van der Waals surface area contributed by atoms with Crippen LogP contribution in [0.5, 0.6) is 0 Å². The van der Waals surface area contributed by atoms with Crippen LogP contribution in [0, 0.1) is 5.82 Å². The van der Waals surface area contributed by atoms with Gasteiger partial charge in [-0.05, 0) is 29.8 Å². The maximum absolute atomic E-state index is 13.7. The highest BCUT2D eigenvalue weighted by Gasteiger charge is 2.34. The molecule has 8 heteroatoms. The summed E-state index contributed by atoms with van der Waals surface area (Å²) in [7, 11) is 0. The van der Waals surface area contributed by atoms with Crippen molar-refractivity contribution in [2.75, 3.05) is 0 Å². The Morgan fingerprint density at radius 3 is 2.27 bits per heavy atom. The van der Waals surface area contributed by atoms with Gasteiger partial charge in [0.05, 0.1) is 12.1 Å².